The van der Waals surface area contributed by atoms with Crippen molar-refractivity contribution >= 4 is 20.1 Å². The van der Waals surface area contributed by atoms with Gasteiger partial charge in [0.05, 0.1) is 0 Å². The van der Waals surface area contributed by atoms with Crippen LogP contribution in [-0.2, 0) is 19.4 Å². The summed E-state index contributed by atoms with van der Waals surface area (Å²) in [4.78, 5) is 25.0. The van der Waals surface area contributed by atoms with Crippen LogP contribution in [0.25, 0.3) is 0 Å². The quantitative estimate of drug-likeness (QED) is 0.178. The van der Waals surface area contributed by atoms with E-state index >= 15 is 0 Å². The zero-order chi connectivity index (χ0) is 34.0. The van der Waals surface area contributed by atoms with E-state index in [4.69, 9.17) is 0 Å². The molecule has 0 aromatic rings. The number of allylic oxidation sites excluding steroid dienone is 18. The standard InChI is InChI=1S/C40H54O4S/c1-29(21-23-35-33(5)19-13-25-39(35,7)8)15-11-17-31(3)27-37(41)45(43,44)38(42)28-32(4)18-12-16-30(2)22-24-36-34(6)20-14-26-40(36,9)10/h11-12,15-18,21-24,27-28H,13-14,19-20,25-26H2,1-10H3/b17-11+,18-12+,23-21+,24-22+,29-15+,30-16+,31-27+,32-28+. The van der Waals surface area contributed by atoms with E-state index < -0.39 is 20.1 Å². The van der Waals surface area contributed by atoms with E-state index in [0.29, 0.717) is 11.1 Å². The van der Waals surface area contributed by atoms with Gasteiger partial charge in [0.2, 0.25) is 0 Å². The molecule has 0 amide bonds. The summed E-state index contributed by atoms with van der Waals surface area (Å²) in [5, 5.41) is -2.44. The minimum Gasteiger partial charge on any atom is -0.276 e. The molecule has 0 saturated carbocycles. The fourth-order valence-electron chi connectivity index (χ4n) is 5.99. The lowest BCUT2D eigenvalue weighted by Crippen LogP contribution is -2.21. The van der Waals surface area contributed by atoms with Gasteiger partial charge in [-0.05, 0) is 113 Å². The Morgan fingerprint density at radius 1 is 0.600 bits per heavy atom. The second-order valence-electron chi connectivity index (χ2n) is 14.0. The molecule has 0 saturated heterocycles. The third-order valence-electron chi connectivity index (χ3n) is 8.77. The molecule has 0 aromatic carbocycles. The second-order valence-corrected chi connectivity index (χ2v) is 15.8. The lowest BCUT2D eigenvalue weighted by atomic mass is 9.72. The molecule has 2 rings (SSSR count). The first kappa shape index (κ1) is 37.9. The molecular formula is C40H54O4S. The number of sulfone groups is 1. The van der Waals surface area contributed by atoms with Crippen molar-refractivity contribution < 1.29 is 18.0 Å². The average Bonchev–Trinajstić information content (AvgIpc) is 2.91. The first-order valence-electron chi connectivity index (χ1n) is 16.0. The van der Waals surface area contributed by atoms with Gasteiger partial charge in [-0.1, -0.05) is 111 Å². The molecule has 0 N–H and O–H groups in total. The molecule has 0 aromatic heterocycles. The zero-order valence-corrected chi connectivity index (χ0v) is 30.0. The highest BCUT2D eigenvalue weighted by atomic mass is 32.2. The summed E-state index contributed by atoms with van der Waals surface area (Å²) in [7, 11) is -4.65. The fourth-order valence-corrected chi connectivity index (χ4v) is 6.87. The Morgan fingerprint density at radius 3 is 1.29 bits per heavy atom. The van der Waals surface area contributed by atoms with Crippen LogP contribution in [0.3, 0.4) is 0 Å². The first-order valence-corrected chi connectivity index (χ1v) is 17.5. The summed E-state index contributed by atoms with van der Waals surface area (Å²) >= 11 is 0. The van der Waals surface area contributed by atoms with Crippen molar-refractivity contribution in [1.82, 2.24) is 0 Å². The van der Waals surface area contributed by atoms with Crippen molar-refractivity contribution in [1.29, 1.82) is 0 Å². The molecule has 0 heterocycles. The molecule has 0 radical (unpaired) electrons. The molecule has 0 atom stereocenters. The van der Waals surface area contributed by atoms with Crippen LogP contribution in [0.15, 0.2) is 117 Å². The van der Waals surface area contributed by atoms with Gasteiger partial charge in [-0.15, -0.1) is 0 Å². The molecule has 4 nitrogen and oxygen atoms in total. The van der Waals surface area contributed by atoms with Crippen LogP contribution < -0.4 is 0 Å². The SMILES string of the molecule is CC1=C(/C=C/C(C)=C/C=C/C(C)=C/C(=O)S(=O)(=O)C(=O)/C=C(C)/C=C/C=C(C)/C=C/C2=C(C)CCCC2(C)C)C(C)(C)CCC1. The van der Waals surface area contributed by atoms with Crippen LogP contribution in [0.2, 0.25) is 0 Å². The molecule has 5 heteroatoms. The predicted molar refractivity (Wildman–Crippen MR) is 191 cm³/mol. The van der Waals surface area contributed by atoms with Crippen LogP contribution in [0.1, 0.15) is 108 Å². The van der Waals surface area contributed by atoms with Crippen molar-refractivity contribution in [3.63, 3.8) is 0 Å². The monoisotopic (exact) mass is 630 g/mol. The Morgan fingerprint density at radius 2 is 0.956 bits per heavy atom. The molecule has 0 aliphatic heterocycles. The molecular weight excluding hydrogens is 577 g/mol. The average molecular weight is 631 g/mol. The van der Waals surface area contributed by atoms with Crippen LogP contribution >= 0.6 is 0 Å². The minimum absolute atomic E-state index is 0.165. The summed E-state index contributed by atoms with van der Waals surface area (Å²) in [6.45, 7) is 20.8. The van der Waals surface area contributed by atoms with Gasteiger partial charge < -0.3 is 0 Å². The van der Waals surface area contributed by atoms with Crippen LogP contribution in [0.4, 0.5) is 0 Å². The topological polar surface area (TPSA) is 68.3 Å². The third kappa shape index (κ3) is 11.5. The summed E-state index contributed by atoms with van der Waals surface area (Å²) < 4.78 is 25.2. The second kappa shape index (κ2) is 16.3. The van der Waals surface area contributed by atoms with E-state index in [2.05, 4.69) is 65.8 Å². The Balaban J connectivity index is 2.03. The highest BCUT2D eigenvalue weighted by Crippen LogP contribution is 2.41. The molecule has 0 spiro atoms. The Kier molecular flexibility index (Phi) is 13.7. The maximum atomic E-state index is 12.6. The maximum absolute atomic E-state index is 12.6. The van der Waals surface area contributed by atoms with Crippen LogP contribution in [-0.4, -0.2) is 18.6 Å². The zero-order valence-electron chi connectivity index (χ0n) is 29.2. The Hall–Kier alpha value is -3.31. The van der Waals surface area contributed by atoms with E-state index in [-0.39, 0.29) is 10.8 Å². The van der Waals surface area contributed by atoms with Gasteiger partial charge in [0.1, 0.15) is 0 Å². The predicted octanol–water partition coefficient (Wildman–Crippen LogP) is 10.5. The lowest BCUT2D eigenvalue weighted by molar-refractivity contribution is -0.110. The van der Waals surface area contributed by atoms with Gasteiger partial charge in [-0.2, -0.15) is 0 Å². The highest BCUT2D eigenvalue weighted by molar-refractivity contribution is 8.19. The molecule has 244 valence electrons. The summed E-state index contributed by atoms with van der Waals surface area (Å²) in [6.07, 6.45) is 28.2. The van der Waals surface area contributed by atoms with E-state index in [1.54, 1.807) is 38.2 Å². The molecule has 2 aliphatic rings. The smallest absolute Gasteiger partial charge is 0.276 e. The van der Waals surface area contributed by atoms with Gasteiger partial charge in [0, 0.05) is 12.2 Å². The lowest BCUT2D eigenvalue weighted by Gasteiger charge is -2.33. The fraction of sp³-hybridized carbons (Fsp3) is 0.450. The van der Waals surface area contributed by atoms with E-state index in [9.17, 15) is 18.0 Å². The summed E-state index contributed by atoms with van der Waals surface area (Å²) in [5.41, 5.74) is 8.90. The van der Waals surface area contributed by atoms with Crippen molar-refractivity contribution in [2.75, 3.05) is 0 Å². The van der Waals surface area contributed by atoms with Gasteiger partial charge in [0.25, 0.3) is 20.1 Å². The van der Waals surface area contributed by atoms with Crippen LogP contribution in [0.5, 0.6) is 0 Å². The van der Waals surface area contributed by atoms with Crippen LogP contribution in [0, 0.1) is 10.8 Å². The first-order chi connectivity index (χ1) is 20.9. The normalized spacial score (nSPS) is 20.8. The largest absolute Gasteiger partial charge is 0.281 e. The molecule has 2 aliphatic carbocycles. The van der Waals surface area contributed by atoms with E-state index in [0.717, 1.165) is 36.1 Å². The van der Waals surface area contributed by atoms with E-state index in [1.165, 1.54) is 48.0 Å². The number of carbonyl (C=O) groups is 2. The van der Waals surface area contributed by atoms with Crippen molar-refractivity contribution in [3.05, 3.63) is 117 Å². The Bertz CT molecular complexity index is 1460. The van der Waals surface area contributed by atoms with Gasteiger partial charge in [-0.3, -0.25) is 9.59 Å². The number of rotatable bonds is 10. The number of carbonyl (C=O) groups excluding carboxylic acids is 2. The molecule has 0 unspecified atom stereocenters. The van der Waals surface area contributed by atoms with Crippen molar-refractivity contribution in [2.24, 2.45) is 10.8 Å². The van der Waals surface area contributed by atoms with Gasteiger partial charge >= 0.3 is 0 Å². The molecule has 45 heavy (non-hydrogen) atoms. The Labute approximate surface area is 273 Å². The summed E-state index contributed by atoms with van der Waals surface area (Å²) in [5.74, 6) is 0. The number of hydrogen-bond acceptors (Lipinski definition) is 4. The molecule has 0 bridgehead atoms. The van der Waals surface area contributed by atoms with Gasteiger partial charge in [0.15, 0.2) is 0 Å². The van der Waals surface area contributed by atoms with E-state index in [1.807, 2.05) is 26.0 Å². The maximum Gasteiger partial charge on any atom is 0.281 e. The number of hydrogen-bond donors (Lipinski definition) is 0. The van der Waals surface area contributed by atoms with Crippen molar-refractivity contribution in [2.45, 2.75) is 108 Å². The summed E-state index contributed by atoms with van der Waals surface area (Å²) in [6, 6.07) is 0. The molecule has 0 fully saturated rings. The minimum atomic E-state index is -4.65. The third-order valence-corrected chi connectivity index (χ3v) is 10.1. The highest BCUT2D eigenvalue weighted by Gasteiger charge is 2.28. The van der Waals surface area contributed by atoms with Gasteiger partial charge in [-0.25, -0.2) is 8.42 Å². The van der Waals surface area contributed by atoms with Crippen molar-refractivity contribution in [3.8, 4) is 0 Å².